The number of pyridine rings is 1. The van der Waals surface area contributed by atoms with E-state index in [1.54, 1.807) is 11.1 Å². The third-order valence-electron chi connectivity index (χ3n) is 3.48. The summed E-state index contributed by atoms with van der Waals surface area (Å²) in [7, 11) is 0. The van der Waals surface area contributed by atoms with Crippen LogP contribution < -0.4 is 4.74 Å². The molecule has 102 valence electrons. The lowest BCUT2D eigenvalue weighted by atomic mass is 10.2. The van der Waals surface area contributed by atoms with Crippen molar-refractivity contribution in [2.24, 2.45) is 0 Å². The molecule has 1 aliphatic rings. The number of carbonyl (C=O) groups is 1. The van der Waals surface area contributed by atoms with Crippen LogP contribution in [-0.2, 0) is 17.9 Å². The summed E-state index contributed by atoms with van der Waals surface area (Å²) in [6, 6.07) is 11.6. The fraction of sp³-hybridized carbons (Fsp3) is 0.250. The van der Waals surface area contributed by atoms with Crippen LogP contribution in [0.2, 0.25) is 0 Å². The van der Waals surface area contributed by atoms with Crippen molar-refractivity contribution in [2.45, 2.75) is 20.0 Å². The molecule has 3 rings (SSSR count). The van der Waals surface area contributed by atoms with Gasteiger partial charge in [-0.3, -0.25) is 9.78 Å². The van der Waals surface area contributed by atoms with Crippen LogP contribution in [0.3, 0.4) is 0 Å². The number of rotatable bonds is 3. The van der Waals surface area contributed by atoms with Crippen LogP contribution in [0.4, 0.5) is 0 Å². The topological polar surface area (TPSA) is 42.4 Å². The summed E-state index contributed by atoms with van der Waals surface area (Å²) >= 11 is 0. The Morgan fingerprint density at radius 1 is 1.25 bits per heavy atom. The molecule has 0 N–H and O–H groups in total. The van der Waals surface area contributed by atoms with Gasteiger partial charge in [0.15, 0.2) is 6.61 Å². The van der Waals surface area contributed by atoms with E-state index in [0.717, 1.165) is 22.6 Å². The van der Waals surface area contributed by atoms with E-state index in [9.17, 15) is 4.79 Å². The zero-order valence-corrected chi connectivity index (χ0v) is 11.4. The van der Waals surface area contributed by atoms with Crippen LogP contribution in [0.25, 0.3) is 0 Å². The first-order valence-corrected chi connectivity index (χ1v) is 6.63. The number of aryl methyl sites for hydroxylation is 1. The molecule has 0 radical (unpaired) electrons. The molecule has 0 atom stereocenters. The summed E-state index contributed by atoms with van der Waals surface area (Å²) < 4.78 is 5.60. The molecule has 4 heteroatoms. The van der Waals surface area contributed by atoms with Gasteiger partial charge in [-0.25, -0.2) is 0 Å². The van der Waals surface area contributed by atoms with Crippen LogP contribution in [0.1, 0.15) is 16.8 Å². The molecule has 0 saturated heterocycles. The summed E-state index contributed by atoms with van der Waals surface area (Å²) in [4.78, 5) is 18.2. The molecule has 0 bridgehead atoms. The first-order chi connectivity index (χ1) is 9.74. The smallest absolute Gasteiger partial charge is 0.261 e. The van der Waals surface area contributed by atoms with E-state index in [1.165, 1.54) is 0 Å². The van der Waals surface area contributed by atoms with Crippen LogP contribution in [0.15, 0.2) is 42.6 Å². The van der Waals surface area contributed by atoms with E-state index in [0.29, 0.717) is 13.1 Å². The lowest BCUT2D eigenvalue weighted by molar-refractivity contribution is -0.134. The third-order valence-corrected chi connectivity index (χ3v) is 3.48. The van der Waals surface area contributed by atoms with Gasteiger partial charge >= 0.3 is 0 Å². The van der Waals surface area contributed by atoms with Crippen LogP contribution in [0.5, 0.6) is 5.75 Å². The predicted octanol–water partition coefficient (Wildman–Crippen LogP) is 2.31. The molecular weight excluding hydrogens is 252 g/mol. The number of benzene rings is 1. The van der Waals surface area contributed by atoms with E-state index in [2.05, 4.69) is 4.98 Å². The Morgan fingerprint density at radius 3 is 2.90 bits per heavy atom. The average Bonchev–Trinajstić information content (AvgIpc) is 2.90. The number of para-hydroxylation sites is 1. The highest BCUT2D eigenvalue weighted by atomic mass is 16.5. The van der Waals surface area contributed by atoms with Gasteiger partial charge in [0.25, 0.3) is 5.91 Å². The number of ether oxygens (including phenoxy) is 1. The molecule has 0 unspecified atom stereocenters. The fourth-order valence-electron chi connectivity index (χ4n) is 2.33. The Labute approximate surface area is 118 Å². The second kappa shape index (κ2) is 5.33. The van der Waals surface area contributed by atoms with E-state index >= 15 is 0 Å². The molecule has 0 fully saturated rings. The van der Waals surface area contributed by atoms with Crippen molar-refractivity contribution in [1.29, 1.82) is 0 Å². The Kier molecular flexibility index (Phi) is 3.37. The van der Waals surface area contributed by atoms with Gasteiger partial charge in [0.2, 0.25) is 0 Å². The number of carbonyl (C=O) groups excluding carboxylic acids is 1. The monoisotopic (exact) mass is 268 g/mol. The van der Waals surface area contributed by atoms with Gasteiger partial charge in [0, 0.05) is 12.7 Å². The van der Waals surface area contributed by atoms with Gasteiger partial charge in [0.1, 0.15) is 5.75 Å². The lowest BCUT2D eigenvalue weighted by Gasteiger charge is -2.16. The molecule has 0 spiro atoms. The standard InChI is InChI=1S/C16H16N2O2/c1-12-5-2-3-7-15(12)20-11-16(19)18-9-13-6-4-8-17-14(13)10-18/h2-8H,9-11H2,1H3. The molecule has 20 heavy (non-hydrogen) atoms. The molecule has 1 amide bonds. The summed E-state index contributed by atoms with van der Waals surface area (Å²) in [6.45, 7) is 3.24. The Bertz CT molecular complexity index is 615. The fourth-order valence-corrected chi connectivity index (χ4v) is 2.33. The first-order valence-electron chi connectivity index (χ1n) is 6.63. The van der Waals surface area contributed by atoms with Crippen LogP contribution >= 0.6 is 0 Å². The molecule has 4 nitrogen and oxygen atoms in total. The molecule has 1 aliphatic heterocycles. The maximum absolute atomic E-state index is 12.2. The number of nitrogens with zero attached hydrogens (tertiary/aromatic N) is 2. The lowest BCUT2D eigenvalue weighted by Crippen LogP contribution is -2.30. The van der Waals surface area contributed by atoms with Crippen molar-refractivity contribution in [1.82, 2.24) is 9.88 Å². The highest BCUT2D eigenvalue weighted by Crippen LogP contribution is 2.21. The summed E-state index contributed by atoms with van der Waals surface area (Å²) in [6.07, 6.45) is 1.76. The minimum absolute atomic E-state index is 0.00810. The SMILES string of the molecule is Cc1ccccc1OCC(=O)N1Cc2cccnc2C1. The molecule has 1 aromatic heterocycles. The Balaban J connectivity index is 1.61. The van der Waals surface area contributed by atoms with Crippen molar-refractivity contribution in [3.63, 3.8) is 0 Å². The first kappa shape index (κ1) is 12.7. The van der Waals surface area contributed by atoms with E-state index in [4.69, 9.17) is 4.74 Å². The minimum atomic E-state index is -0.00810. The van der Waals surface area contributed by atoms with Gasteiger partial charge in [-0.15, -0.1) is 0 Å². The predicted molar refractivity (Wildman–Crippen MR) is 75.2 cm³/mol. The summed E-state index contributed by atoms with van der Waals surface area (Å²) in [5.41, 5.74) is 3.14. The van der Waals surface area contributed by atoms with Gasteiger partial charge in [0.05, 0.1) is 12.2 Å². The molecule has 0 saturated carbocycles. The number of hydrogen-bond donors (Lipinski definition) is 0. The summed E-state index contributed by atoms with van der Waals surface area (Å²) in [5.74, 6) is 0.752. The molecular formula is C16H16N2O2. The highest BCUT2D eigenvalue weighted by Gasteiger charge is 2.24. The zero-order chi connectivity index (χ0) is 13.9. The zero-order valence-electron chi connectivity index (χ0n) is 11.4. The number of fused-ring (bicyclic) bond motifs is 1. The molecule has 2 aromatic rings. The maximum Gasteiger partial charge on any atom is 0.261 e. The van der Waals surface area contributed by atoms with E-state index in [1.807, 2.05) is 43.3 Å². The van der Waals surface area contributed by atoms with Crippen molar-refractivity contribution in [2.75, 3.05) is 6.61 Å². The number of aromatic nitrogens is 1. The second-order valence-corrected chi connectivity index (χ2v) is 4.91. The number of hydrogen-bond acceptors (Lipinski definition) is 3. The average molecular weight is 268 g/mol. The van der Waals surface area contributed by atoms with Gasteiger partial charge in [-0.2, -0.15) is 0 Å². The van der Waals surface area contributed by atoms with Crippen molar-refractivity contribution in [3.05, 3.63) is 59.4 Å². The van der Waals surface area contributed by atoms with E-state index in [-0.39, 0.29) is 12.5 Å². The number of amides is 1. The maximum atomic E-state index is 12.2. The largest absolute Gasteiger partial charge is 0.484 e. The van der Waals surface area contributed by atoms with E-state index < -0.39 is 0 Å². The molecule has 1 aromatic carbocycles. The molecule has 0 aliphatic carbocycles. The summed E-state index contributed by atoms with van der Waals surface area (Å²) in [5, 5.41) is 0. The van der Waals surface area contributed by atoms with Gasteiger partial charge < -0.3 is 9.64 Å². The van der Waals surface area contributed by atoms with Gasteiger partial charge in [-0.1, -0.05) is 24.3 Å². The third kappa shape index (κ3) is 2.50. The second-order valence-electron chi connectivity index (χ2n) is 4.91. The Morgan fingerprint density at radius 2 is 2.10 bits per heavy atom. The minimum Gasteiger partial charge on any atom is -0.484 e. The van der Waals surface area contributed by atoms with Gasteiger partial charge in [-0.05, 0) is 30.2 Å². The van der Waals surface area contributed by atoms with Crippen LogP contribution in [0, 0.1) is 6.92 Å². The highest BCUT2D eigenvalue weighted by molar-refractivity contribution is 5.78. The van der Waals surface area contributed by atoms with Crippen LogP contribution in [-0.4, -0.2) is 22.4 Å². The normalized spacial score (nSPS) is 13.2. The van der Waals surface area contributed by atoms with Crippen molar-refractivity contribution in [3.8, 4) is 5.75 Å². The Hall–Kier alpha value is -2.36. The quantitative estimate of drug-likeness (QED) is 0.858. The molecule has 2 heterocycles. The van der Waals surface area contributed by atoms with Crippen molar-refractivity contribution < 1.29 is 9.53 Å². The van der Waals surface area contributed by atoms with Crippen molar-refractivity contribution >= 4 is 5.91 Å².